The van der Waals surface area contributed by atoms with Crippen molar-refractivity contribution in [3.63, 3.8) is 0 Å². The van der Waals surface area contributed by atoms with Gasteiger partial charge in [0.1, 0.15) is 11.7 Å². The van der Waals surface area contributed by atoms with Crippen molar-refractivity contribution in [2.45, 2.75) is 63.1 Å². The van der Waals surface area contributed by atoms with Gasteiger partial charge in [0.15, 0.2) is 0 Å². The molecule has 2 aromatic rings. The van der Waals surface area contributed by atoms with E-state index >= 15 is 0 Å². The number of rotatable bonds is 7. The highest BCUT2D eigenvalue weighted by molar-refractivity contribution is 5.97. The van der Waals surface area contributed by atoms with E-state index in [9.17, 15) is 14.4 Å². The zero-order valence-electron chi connectivity index (χ0n) is 17.9. The lowest BCUT2D eigenvalue weighted by Crippen LogP contribution is -2.58. The summed E-state index contributed by atoms with van der Waals surface area (Å²) in [6.45, 7) is 0. The number of benzene rings is 1. The van der Waals surface area contributed by atoms with Crippen molar-refractivity contribution in [3.05, 3.63) is 59.8 Å². The summed E-state index contributed by atoms with van der Waals surface area (Å²) in [7, 11) is 0. The van der Waals surface area contributed by atoms with E-state index in [0.717, 1.165) is 12.8 Å². The quantitative estimate of drug-likeness (QED) is 0.693. The SMILES string of the molecule is NC(=O)c1cccnc1OC1CCC(N2C(=O)C[C@H](CCc3ccccc3)NC2=O)CC1. The Morgan fingerprint density at radius 1 is 1.09 bits per heavy atom. The molecule has 4 rings (SSSR count). The molecule has 2 fully saturated rings. The lowest BCUT2D eigenvalue weighted by atomic mass is 9.90. The number of hydrogen-bond acceptors (Lipinski definition) is 5. The number of hydrogen-bond donors (Lipinski definition) is 2. The molecule has 1 saturated heterocycles. The van der Waals surface area contributed by atoms with E-state index in [0.29, 0.717) is 32.1 Å². The van der Waals surface area contributed by atoms with Crippen molar-refractivity contribution in [2.24, 2.45) is 5.73 Å². The molecule has 3 N–H and O–H groups in total. The van der Waals surface area contributed by atoms with E-state index < -0.39 is 5.91 Å². The van der Waals surface area contributed by atoms with Gasteiger partial charge in [0.2, 0.25) is 11.8 Å². The van der Waals surface area contributed by atoms with Gasteiger partial charge in [0, 0.05) is 24.7 Å². The molecule has 0 unspecified atom stereocenters. The van der Waals surface area contributed by atoms with E-state index in [1.165, 1.54) is 10.5 Å². The van der Waals surface area contributed by atoms with Crippen molar-refractivity contribution in [1.82, 2.24) is 15.2 Å². The molecule has 4 amide bonds. The predicted molar refractivity (Wildman–Crippen MR) is 118 cm³/mol. The summed E-state index contributed by atoms with van der Waals surface area (Å²) in [6.07, 6.45) is 5.92. The zero-order valence-corrected chi connectivity index (χ0v) is 17.9. The number of amides is 4. The van der Waals surface area contributed by atoms with Gasteiger partial charge >= 0.3 is 6.03 Å². The zero-order chi connectivity index (χ0) is 22.5. The third-order valence-corrected chi connectivity index (χ3v) is 6.18. The molecule has 1 atom stereocenters. The van der Waals surface area contributed by atoms with Crippen molar-refractivity contribution >= 4 is 17.8 Å². The average molecular weight is 437 g/mol. The predicted octanol–water partition coefficient (Wildman–Crippen LogP) is 2.81. The van der Waals surface area contributed by atoms with Gasteiger partial charge in [-0.05, 0) is 56.2 Å². The highest BCUT2D eigenvalue weighted by Gasteiger charge is 2.38. The Morgan fingerprint density at radius 3 is 2.53 bits per heavy atom. The van der Waals surface area contributed by atoms with Crippen molar-refractivity contribution in [3.8, 4) is 5.88 Å². The molecule has 0 spiro atoms. The van der Waals surface area contributed by atoms with Crippen LogP contribution in [0.1, 0.15) is 54.4 Å². The summed E-state index contributed by atoms with van der Waals surface area (Å²) in [4.78, 5) is 42.6. The minimum atomic E-state index is -0.584. The highest BCUT2D eigenvalue weighted by atomic mass is 16.5. The monoisotopic (exact) mass is 436 g/mol. The topological polar surface area (TPSA) is 115 Å². The minimum Gasteiger partial charge on any atom is -0.474 e. The standard InChI is InChI=1S/C24H28N4O4/c25-22(30)20-7-4-14-26-23(20)32-19-12-10-18(11-13-19)28-21(29)15-17(27-24(28)31)9-8-16-5-2-1-3-6-16/h1-7,14,17-19H,8-13,15H2,(H2,25,30)(H,27,31)/t17-,18?,19?/m0/s1. The van der Waals surface area contributed by atoms with Gasteiger partial charge in [0.25, 0.3) is 5.91 Å². The molecular weight excluding hydrogens is 408 g/mol. The van der Waals surface area contributed by atoms with Gasteiger partial charge in [0.05, 0.1) is 0 Å². The first-order valence-electron chi connectivity index (χ1n) is 11.1. The van der Waals surface area contributed by atoms with E-state index in [1.807, 2.05) is 18.2 Å². The number of ether oxygens (including phenoxy) is 1. The molecular formula is C24H28N4O4. The second-order valence-electron chi connectivity index (χ2n) is 8.41. The number of aryl methyl sites for hydroxylation is 1. The molecule has 2 heterocycles. The fourth-order valence-corrected chi connectivity index (χ4v) is 4.50. The van der Waals surface area contributed by atoms with Crippen LogP contribution in [-0.2, 0) is 11.2 Å². The second kappa shape index (κ2) is 9.80. The molecule has 0 bridgehead atoms. The number of nitrogens with one attached hydrogen (secondary N) is 1. The molecule has 1 aliphatic heterocycles. The number of carbonyl (C=O) groups is 3. The van der Waals surface area contributed by atoms with Crippen LogP contribution in [0.15, 0.2) is 48.7 Å². The van der Waals surface area contributed by atoms with E-state index in [1.54, 1.807) is 18.3 Å². The summed E-state index contributed by atoms with van der Waals surface area (Å²) in [6, 6.07) is 12.7. The molecule has 2 aliphatic rings. The number of nitrogens with two attached hydrogens (primary N) is 1. The van der Waals surface area contributed by atoms with Gasteiger partial charge in [-0.2, -0.15) is 0 Å². The minimum absolute atomic E-state index is 0.114. The summed E-state index contributed by atoms with van der Waals surface area (Å²) < 4.78 is 5.91. The van der Waals surface area contributed by atoms with Gasteiger partial charge in [-0.1, -0.05) is 30.3 Å². The summed E-state index contributed by atoms with van der Waals surface area (Å²) in [5, 5.41) is 3.01. The Labute approximate surface area is 187 Å². The second-order valence-corrected chi connectivity index (χ2v) is 8.41. The first kappa shape index (κ1) is 21.8. The van der Waals surface area contributed by atoms with E-state index in [2.05, 4.69) is 22.4 Å². The first-order valence-corrected chi connectivity index (χ1v) is 11.1. The number of urea groups is 1. The number of aromatic nitrogens is 1. The maximum atomic E-state index is 12.8. The smallest absolute Gasteiger partial charge is 0.324 e. The summed E-state index contributed by atoms with van der Waals surface area (Å²) >= 11 is 0. The van der Waals surface area contributed by atoms with Crippen LogP contribution in [0.3, 0.4) is 0 Å². The van der Waals surface area contributed by atoms with Crippen LogP contribution in [0.25, 0.3) is 0 Å². The fourth-order valence-electron chi connectivity index (χ4n) is 4.50. The largest absolute Gasteiger partial charge is 0.474 e. The van der Waals surface area contributed by atoms with Crippen LogP contribution < -0.4 is 15.8 Å². The Bertz CT molecular complexity index is 955. The molecule has 1 saturated carbocycles. The lowest BCUT2D eigenvalue weighted by molar-refractivity contribution is -0.133. The number of carbonyl (C=O) groups excluding carboxylic acids is 3. The molecule has 1 aromatic carbocycles. The van der Waals surface area contributed by atoms with E-state index in [4.69, 9.17) is 10.5 Å². The van der Waals surface area contributed by atoms with Gasteiger partial charge in [-0.15, -0.1) is 0 Å². The lowest BCUT2D eigenvalue weighted by Gasteiger charge is -2.39. The maximum Gasteiger partial charge on any atom is 0.324 e. The van der Waals surface area contributed by atoms with Crippen LogP contribution in [0.2, 0.25) is 0 Å². The van der Waals surface area contributed by atoms with Crippen LogP contribution in [0, 0.1) is 0 Å². The van der Waals surface area contributed by atoms with Crippen LogP contribution >= 0.6 is 0 Å². The third kappa shape index (κ3) is 5.07. The Morgan fingerprint density at radius 2 is 1.84 bits per heavy atom. The van der Waals surface area contributed by atoms with Crippen molar-refractivity contribution in [1.29, 1.82) is 0 Å². The van der Waals surface area contributed by atoms with Gasteiger partial charge in [-0.25, -0.2) is 9.78 Å². The molecule has 8 heteroatoms. The molecule has 1 aromatic heterocycles. The number of primary amides is 1. The first-order chi connectivity index (χ1) is 15.5. The third-order valence-electron chi connectivity index (χ3n) is 6.18. The number of pyridine rings is 1. The van der Waals surface area contributed by atoms with Crippen LogP contribution in [0.4, 0.5) is 4.79 Å². The van der Waals surface area contributed by atoms with Crippen molar-refractivity contribution in [2.75, 3.05) is 0 Å². The Balaban J connectivity index is 1.29. The number of imide groups is 1. The highest BCUT2D eigenvalue weighted by Crippen LogP contribution is 2.29. The van der Waals surface area contributed by atoms with Crippen molar-refractivity contribution < 1.29 is 19.1 Å². The van der Waals surface area contributed by atoms with Gasteiger partial charge < -0.3 is 15.8 Å². The molecule has 168 valence electrons. The van der Waals surface area contributed by atoms with Crippen LogP contribution in [-0.4, -0.2) is 45.9 Å². The Kier molecular flexibility index (Phi) is 6.68. The molecule has 32 heavy (non-hydrogen) atoms. The molecule has 0 radical (unpaired) electrons. The fraction of sp³-hybridized carbons (Fsp3) is 0.417. The summed E-state index contributed by atoms with van der Waals surface area (Å²) in [5.74, 6) is -0.465. The Hall–Kier alpha value is -3.42. The summed E-state index contributed by atoms with van der Waals surface area (Å²) in [5.41, 5.74) is 6.84. The maximum absolute atomic E-state index is 12.8. The average Bonchev–Trinajstić information content (AvgIpc) is 2.79. The molecule has 1 aliphatic carbocycles. The van der Waals surface area contributed by atoms with Crippen LogP contribution in [0.5, 0.6) is 5.88 Å². The number of nitrogens with zero attached hydrogens (tertiary/aromatic N) is 2. The van der Waals surface area contributed by atoms with Gasteiger partial charge in [-0.3, -0.25) is 14.5 Å². The van der Waals surface area contributed by atoms with E-state index in [-0.39, 0.29) is 41.6 Å². The molecule has 8 nitrogen and oxygen atoms in total. The normalized spacial score (nSPS) is 23.5.